The average molecular weight is 1300 g/mol. The fourth-order valence-corrected chi connectivity index (χ4v) is 11.4. The number of hydrogen-bond acceptors (Lipinski definition) is 7. The molecule has 0 fully saturated rings. The van der Waals surface area contributed by atoms with Crippen molar-refractivity contribution in [1.82, 2.24) is 0 Å². The van der Waals surface area contributed by atoms with Crippen molar-refractivity contribution in [2.75, 3.05) is 47.5 Å². The Kier molecular flexibility index (Phi) is 68.9. The highest BCUT2D eigenvalue weighted by atomic mass is 31.2. The number of ether oxygens (including phenoxy) is 2. The highest BCUT2D eigenvalue weighted by molar-refractivity contribution is 7.47. The van der Waals surface area contributed by atoms with Gasteiger partial charge in [0.15, 0.2) is 6.10 Å². The van der Waals surface area contributed by atoms with E-state index in [-0.39, 0.29) is 32.0 Å². The van der Waals surface area contributed by atoms with E-state index in [1.807, 2.05) is 21.1 Å². The summed E-state index contributed by atoms with van der Waals surface area (Å²) in [6.45, 7) is 4.34. The molecular weight excluding hydrogens is 1160 g/mol. The highest BCUT2D eigenvalue weighted by Crippen LogP contribution is 2.43. The lowest BCUT2D eigenvalue weighted by Gasteiger charge is -2.24. The van der Waals surface area contributed by atoms with Crippen molar-refractivity contribution in [2.24, 2.45) is 0 Å². The summed E-state index contributed by atoms with van der Waals surface area (Å²) in [6.07, 6.45) is 103. The van der Waals surface area contributed by atoms with Crippen LogP contribution in [0.25, 0.3) is 0 Å². The van der Waals surface area contributed by atoms with Crippen LogP contribution in [0, 0.1) is 0 Å². The van der Waals surface area contributed by atoms with E-state index in [1.165, 1.54) is 199 Å². The standard InChI is InChI=1S/C82H144NO8P/c1-6-8-10-12-14-16-18-20-22-24-26-28-30-32-34-36-38-40-41-43-45-47-49-51-53-55-57-59-61-63-65-67-69-71-73-75-82(85)91-80(79-90-92(86,87)89-77-76-83(3,4)5)78-88-81(84)74-72-70-68-66-64-62-60-58-56-54-52-50-48-46-44-42-39-37-35-33-31-29-27-25-23-21-19-17-15-13-11-9-7-2/h8,10,14,16,20,22,25-28,32,34,38,40,43,45,49,51,55,57,80H,6-7,9,11-13,15,17-19,21,23-24,29-31,33,35-37,39,41-42,44,46-48,50,52-54,56,58-79H2,1-5H3/p+1/b10-8-,16-14-,22-20-,27-25-,28-26-,34-32-,40-38-,45-43-,51-49-,57-55-. The molecule has 0 saturated carbocycles. The van der Waals surface area contributed by atoms with Crippen molar-refractivity contribution in [3.8, 4) is 0 Å². The number of phosphoric acid groups is 1. The number of likely N-dealkylation sites (N-methyl/N-ethyl adjacent to an activating group) is 1. The number of unbranched alkanes of at least 4 members (excludes halogenated alkanes) is 36. The maximum Gasteiger partial charge on any atom is 0.472 e. The lowest BCUT2D eigenvalue weighted by Crippen LogP contribution is -2.37. The zero-order chi connectivity index (χ0) is 66.9. The predicted molar refractivity (Wildman–Crippen MR) is 399 cm³/mol. The van der Waals surface area contributed by atoms with Crippen LogP contribution in [-0.4, -0.2) is 74.9 Å². The summed E-state index contributed by atoms with van der Waals surface area (Å²) in [5, 5.41) is 0. The molecule has 0 aromatic rings. The van der Waals surface area contributed by atoms with Crippen LogP contribution in [0.4, 0.5) is 0 Å². The molecule has 1 N–H and O–H groups in total. The first kappa shape index (κ1) is 88.4. The van der Waals surface area contributed by atoms with Gasteiger partial charge in [0.25, 0.3) is 0 Å². The number of nitrogens with zero attached hydrogens (tertiary/aromatic N) is 1. The molecule has 0 rings (SSSR count). The van der Waals surface area contributed by atoms with E-state index in [9.17, 15) is 19.0 Å². The van der Waals surface area contributed by atoms with Crippen molar-refractivity contribution in [1.29, 1.82) is 0 Å². The van der Waals surface area contributed by atoms with Crippen LogP contribution < -0.4 is 0 Å². The number of carbonyl (C=O) groups excluding carboxylic acids is 2. The van der Waals surface area contributed by atoms with Crippen LogP contribution in [0.1, 0.15) is 335 Å². The van der Waals surface area contributed by atoms with Crippen molar-refractivity contribution in [3.63, 3.8) is 0 Å². The fourth-order valence-electron chi connectivity index (χ4n) is 10.7. The van der Waals surface area contributed by atoms with Crippen molar-refractivity contribution in [3.05, 3.63) is 122 Å². The lowest BCUT2D eigenvalue weighted by atomic mass is 10.0. The molecule has 0 heterocycles. The number of hydrogen-bond donors (Lipinski definition) is 1. The summed E-state index contributed by atoms with van der Waals surface area (Å²) < 4.78 is 34.8. The smallest absolute Gasteiger partial charge is 0.462 e. The lowest BCUT2D eigenvalue weighted by molar-refractivity contribution is -0.870. The van der Waals surface area contributed by atoms with Crippen molar-refractivity contribution < 1.29 is 42.1 Å². The largest absolute Gasteiger partial charge is 0.472 e. The Morgan fingerprint density at radius 2 is 0.620 bits per heavy atom. The number of allylic oxidation sites excluding steroid dienone is 20. The summed E-state index contributed by atoms with van der Waals surface area (Å²) in [7, 11) is 1.47. The topological polar surface area (TPSA) is 108 Å². The van der Waals surface area contributed by atoms with Crippen LogP contribution in [0.5, 0.6) is 0 Å². The van der Waals surface area contributed by atoms with Gasteiger partial charge >= 0.3 is 19.8 Å². The molecule has 2 unspecified atom stereocenters. The van der Waals surface area contributed by atoms with Gasteiger partial charge in [-0.1, -0.05) is 334 Å². The Morgan fingerprint density at radius 1 is 0.348 bits per heavy atom. The maximum absolute atomic E-state index is 12.9. The minimum atomic E-state index is -4.40. The second-order valence-corrected chi connectivity index (χ2v) is 28.1. The van der Waals surface area contributed by atoms with Gasteiger partial charge in [0.1, 0.15) is 19.8 Å². The van der Waals surface area contributed by atoms with Crippen molar-refractivity contribution >= 4 is 19.8 Å². The first-order valence-corrected chi connectivity index (χ1v) is 39.8. The monoisotopic (exact) mass is 1300 g/mol. The second-order valence-electron chi connectivity index (χ2n) is 26.7. The van der Waals surface area contributed by atoms with Gasteiger partial charge in [0.2, 0.25) is 0 Å². The molecule has 530 valence electrons. The number of carbonyl (C=O) groups is 2. The highest BCUT2D eigenvalue weighted by Gasteiger charge is 2.27. The molecule has 92 heavy (non-hydrogen) atoms. The molecule has 0 bridgehead atoms. The molecule has 0 spiro atoms. The van der Waals surface area contributed by atoms with Crippen LogP contribution >= 0.6 is 7.82 Å². The first-order chi connectivity index (χ1) is 45.0. The normalized spacial score (nSPS) is 13.8. The quantitative estimate of drug-likeness (QED) is 0.0211. The summed E-state index contributed by atoms with van der Waals surface area (Å²) in [4.78, 5) is 35.9. The molecule has 0 aliphatic heterocycles. The Balaban J connectivity index is 4.05. The molecule has 0 saturated heterocycles. The average Bonchev–Trinajstić information content (AvgIpc) is 2.14. The molecule has 10 heteroatoms. The minimum Gasteiger partial charge on any atom is -0.462 e. The van der Waals surface area contributed by atoms with Gasteiger partial charge in [-0.2, -0.15) is 0 Å². The van der Waals surface area contributed by atoms with E-state index in [0.29, 0.717) is 17.4 Å². The molecule has 2 atom stereocenters. The Bertz CT molecular complexity index is 1970. The Labute approximate surface area is 568 Å². The van der Waals surface area contributed by atoms with Gasteiger partial charge in [0, 0.05) is 12.8 Å². The maximum atomic E-state index is 12.9. The van der Waals surface area contributed by atoms with Gasteiger partial charge in [-0.25, -0.2) is 4.57 Å². The molecule has 0 radical (unpaired) electrons. The minimum absolute atomic E-state index is 0.0250. The van der Waals surface area contributed by atoms with Gasteiger partial charge in [-0.3, -0.25) is 18.6 Å². The van der Waals surface area contributed by atoms with Gasteiger partial charge < -0.3 is 18.9 Å². The van der Waals surface area contributed by atoms with Gasteiger partial charge in [0.05, 0.1) is 27.7 Å². The number of rotatable bonds is 70. The zero-order valence-electron chi connectivity index (χ0n) is 60.5. The van der Waals surface area contributed by atoms with Crippen LogP contribution in [0.3, 0.4) is 0 Å². The number of quaternary nitrogens is 1. The third kappa shape index (κ3) is 75.4. The SMILES string of the molecule is CC/C=C\C/C=C\C/C=C\C/C=C\C/C=C\C/C=C\C/C=C\C/C=C\C/C=C\CCCCCCCCCC(=O)OC(COC(=O)CCCCCCCCCCCCCCCCCCCCCCC/C=C\CCCCCCCCCC)COP(=O)(O)OCC[N+](C)(C)C. The van der Waals surface area contributed by atoms with Crippen molar-refractivity contribution in [2.45, 2.75) is 341 Å². The fraction of sp³-hybridized carbons (Fsp3) is 0.732. The van der Waals surface area contributed by atoms with E-state index in [4.69, 9.17) is 18.5 Å². The molecule has 0 amide bonds. The Hall–Kier alpha value is -3.59. The third-order valence-electron chi connectivity index (χ3n) is 16.5. The first-order valence-electron chi connectivity index (χ1n) is 38.3. The molecule has 9 nitrogen and oxygen atoms in total. The van der Waals surface area contributed by atoms with Gasteiger partial charge in [-0.05, 0) is 109 Å². The second kappa shape index (κ2) is 71.7. The Morgan fingerprint density at radius 3 is 0.935 bits per heavy atom. The third-order valence-corrected chi connectivity index (χ3v) is 17.5. The molecular formula is C82H145NO8P+. The van der Waals surface area contributed by atoms with Crippen LogP contribution in [-0.2, 0) is 32.7 Å². The van der Waals surface area contributed by atoms with E-state index in [1.54, 1.807) is 0 Å². The number of phosphoric ester groups is 1. The van der Waals surface area contributed by atoms with E-state index < -0.39 is 26.5 Å². The van der Waals surface area contributed by atoms with E-state index in [2.05, 4.69) is 135 Å². The molecule has 0 aromatic carbocycles. The van der Waals surface area contributed by atoms with E-state index >= 15 is 0 Å². The zero-order valence-corrected chi connectivity index (χ0v) is 61.4. The summed E-state index contributed by atoms with van der Waals surface area (Å²) in [6, 6.07) is 0. The van der Waals surface area contributed by atoms with E-state index in [0.717, 1.165) is 103 Å². The number of esters is 2. The van der Waals surface area contributed by atoms with Crippen LogP contribution in [0.15, 0.2) is 122 Å². The summed E-state index contributed by atoms with van der Waals surface area (Å²) in [5.41, 5.74) is 0. The molecule has 0 aliphatic rings. The predicted octanol–water partition coefficient (Wildman–Crippen LogP) is 25.4. The summed E-state index contributed by atoms with van der Waals surface area (Å²) in [5.74, 6) is -0.804. The molecule has 0 aromatic heterocycles. The van der Waals surface area contributed by atoms with Gasteiger partial charge in [-0.15, -0.1) is 0 Å². The van der Waals surface area contributed by atoms with Crippen LogP contribution in [0.2, 0.25) is 0 Å². The molecule has 0 aliphatic carbocycles. The summed E-state index contributed by atoms with van der Waals surface area (Å²) >= 11 is 0.